The van der Waals surface area contributed by atoms with Crippen molar-refractivity contribution in [3.05, 3.63) is 52.0 Å². The van der Waals surface area contributed by atoms with Crippen molar-refractivity contribution in [1.29, 1.82) is 0 Å². The van der Waals surface area contributed by atoms with Crippen LogP contribution in [0.3, 0.4) is 0 Å². The molecule has 0 radical (unpaired) electrons. The van der Waals surface area contributed by atoms with Gasteiger partial charge in [-0.2, -0.15) is 0 Å². The Morgan fingerprint density at radius 3 is 2.38 bits per heavy atom. The van der Waals surface area contributed by atoms with Gasteiger partial charge < -0.3 is 0 Å². The number of rotatable bonds is 2. The van der Waals surface area contributed by atoms with Crippen LogP contribution in [0.15, 0.2) is 51.8 Å². The smallest absolute Gasteiger partial charge is 0.0555 e. The van der Waals surface area contributed by atoms with E-state index in [9.17, 15) is 0 Å². The standard InChI is InChI=1S/C13H10BrClS/c1-16-11-8-7-10(15)13(14)12(11)9-5-3-2-4-6-9/h2-8H,1H3. The van der Waals surface area contributed by atoms with Gasteiger partial charge in [-0.1, -0.05) is 41.9 Å². The van der Waals surface area contributed by atoms with Crippen LogP contribution in [0.2, 0.25) is 5.02 Å². The van der Waals surface area contributed by atoms with Crippen LogP contribution in [0, 0.1) is 0 Å². The van der Waals surface area contributed by atoms with Gasteiger partial charge in [-0.25, -0.2) is 0 Å². The molecule has 0 fully saturated rings. The Bertz CT molecular complexity index is 497. The highest BCUT2D eigenvalue weighted by atomic mass is 79.9. The number of halogens is 2. The molecule has 3 heteroatoms. The summed E-state index contributed by atoms with van der Waals surface area (Å²) >= 11 is 11.4. The summed E-state index contributed by atoms with van der Waals surface area (Å²) in [7, 11) is 0. The molecule has 0 spiro atoms. The van der Waals surface area contributed by atoms with Crippen molar-refractivity contribution in [1.82, 2.24) is 0 Å². The fourth-order valence-electron chi connectivity index (χ4n) is 1.58. The van der Waals surface area contributed by atoms with Crippen LogP contribution >= 0.6 is 39.3 Å². The highest BCUT2D eigenvalue weighted by Crippen LogP contribution is 2.40. The summed E-state index contributed by atoms with van der Waals surface area (Å²) < 4.78 is 0.965. The van der Waals surface area contributed by atoms with Crippen molar-refractivity contribution < 1.29 is 0 Å². The van der Waals surface area contributed by atoms with Crippen LogP contribution < -0.4 is 0 Å². The van der Waals surface area contributed by atoms with E-state index in [4.69, 9.17) is 11.6 Å². The molecule has 0 unspecified atom stereocenters. The lowest BCUT2D eigenvalue weighted by molar-refractivity contribution is 1.42. The highest BCUT2D eigenvalue weighted by molar-refractivity contribution is 9.10. The molecule has 0 bridgehead atoms. The summed E-state index contributed by atoms with van der Waals surface area (Å²) in [6.07, 6.45) is 2.07. The SMILES string of the molecule is CSc1ccc(Cl)c(Br)c1-c1ccccc1. The molecular formula is C13H10BrClS. The van der Waals surface area contributed by atoms with Crippen LogP contribution in [-0.2, 0) is 0 Å². The molecule has 2 aromatic carbocycles. The molecule has 0 N–H and O–H groups in total. The van der Waals surface area contributed by atoms with Crippen LogP contribution in [0.4, 0.5) is 0 Å². The molecule has 0 aromatic heterocycles. The van der Waals surface area contributed by atoms with Gasteiger partial charge in [-0.15, -0.1) is 11.8 Å². The second-order valence-electron chi connectivity index (χ2n) is 3.30. The van der Waals surface area contributed by atoms with Gasteiger partial charge in [-0.3, -0.25) is 0 Å². The summed E-state index contributed by atoms with van der Waals surface area (Å²) in [5.74, 6) is 0. The zero-order chi connectivity index (χ0) is 11.5. The molecule has 0 nitrogen and oxygen atoms in total. The molecule has 82 valence electrons. The maximum absolute atomic E-state index is 6.14. The van der Waals surface area contributed by atoms with Crippen LogP contribution in [-0.4, -0.2) is 6.26 Å². The minimum atomic E-state index is 0.747. The third kappa shape index (κ3) is 2.29. The molecule has 2 rings (SSSR count). The number of thioether (sulfide) groups is 1. The minimum absolute atomic E-state index is 0.747. The molecule has 0 saturated carbocycles. The van der Waals surface area contributed by atoms with Crippen LogP contribution in [0.1, 0.15) is 0 Å². The van der Waals surface area contributed by atoms with E-state index < -0.39 is 0 Å². The first-order valence-electron chi connectivity index (χ1n) is 4.81. The van der Waals surface area contributed by atoms with Crippen molar-refractivity contribution in [3.8, 4) is 11.1 Å². The lowest BCUT2D eigenvalue weighted by atomic mass is 10.1. The Labute approximate surface area is 113 Å². The molecule has 0 heterocycles. The van der Waals surface area contributed by atoms with Crippen molar-refractivity contribution in [2.24, 2.45) is 0 Å². The van der Waals surface area contributed by atoms with Crippen molar-refractivity contribution in [2.45, 2.75) is 4.90 Å². The second kappa shape index (κ2) is 5.26. The monoisotopic (exact) mass is 312 g/mol. The Hall–Kier alpha value is -0.440. The molecule has 0 atom stereocenters. The van der Waals surface area contributed by atoms with Crippen molar-refractivity contribution >= 4 is 39.3 Å². The summed E-state index contributed by atoms with van der Waals surface area (Å²) in [4.78, 5) is 1.22. The number of hydrogen-bond donors (Lipinski definition) is 0. The zero-order valence-corrected chi connectivity index (χ0v) is 11.9. The topological polar surface area (TPSA) is 0 Å². The molecule has 0 aliphatic heterocycles. The Morgan fingerprint density at radius 1 is 1.06 bits per heavy atom. The van der Waals surface area contributed by atoms with Gasteiger partial charge in [0, 0.05) is 14.9 Å². The zero-order valence-electron chi connectivity index (χ0n) is 8.71. The number of benzene rings is 2. The minimum Gasteiger partial charge on any atom is -0.129 e. The Morgan fingerprint density at radius 2 is 1.75 bits per heavy atom. The molecule has 2 aromatic rings. The molecule has 16 heavy (non-hydrogen) atoms. The van der Waals surface area contributed by atoms with Crippen LogP contribution in [0.5, 0.6) is 0 Å². The molecule has 0 amide bonds. The van der Waals surface area contributed by atoms with Gasteiger partial charge in [0.25, 0.3) is 0 Å². The van der Waals surface area contributed by atoms with E-state index in [1.165, 1.54) is 16.0 Å². The summed E-state index contributed by atoms with van der Waals surface area (Å²) in [6, 6.07) is 14.2. The van der Waals surface area contributed by atoms with Crippen molar-refractivity contribution in [2.75, 3.05) is 6.26 Å². The van der Waals surface area contributed by atoms with E-state index in [0.29, 0.717) is 0 Å². The van der Waals surface area contributed by atoms with Gasteiger partial charge in [-0.05, 0) is 39.9 Å². The van der Waals surface area contributed by atoms with E-state index in [2.05, 4.69) is 40.4 Å². The summed E-state index contributed by atoms with van der Waals surface area (Å²) in [5, 5.41) is 0.747. The van der Waals surface area contributed by atoms with Gasteiger partial charge in [0.2, 0.25) is 0 Å². The fourth-order valence-corrected chi connectivity index (χ4v) is 3.07. The lowest BCUT2D eigenvalue weighted by Gasteiger charge is -2.11. The average molecular weight is 314 g/mol. The molecule has 0 aliphatic rings. The maximum Gasteiger partial charge on any atom is 0.0555 e. The van der Waals surface area contributed by atoms with E-state index in [1.54, 1.807) is 11.8 Å². The Balaban J connectivity index is 2.67. The Kier molecular flexibility index (Phi) is 3.95. The van der Waals surface area contributed by atoms with Gasteiger partial charge >= 0.3 is 0 Å². The van der Waals surface area contributed by atoms with E-state index in [0.717, 1.165) is 9.50 Å². The normalized spacial score (nSPS) is 10.4. The number of hydrogen-bond acceptors (Lipinski definition) is 1. The first kappa shape index (κ1) is 12.0. The van der Waals surface area contributed by atoms with Crippen LogP contribution in [0.25, 0.3) is 11.1 Å². The largest absolute Gasteiger partial charge is 0.129 e. The predicted octanol–water partition coefficient (Wildman–Crippen LogP) is 5.49. The van der Waals surface area contributed by atoms with E-state index in [-0.39, 0.29) is 0 Å². The van der Waals surface area contributed by atoms with Gasteiger partial charge in [0.15, 0.2) is 0 Å². The maximum atomic E-state index is 6.14. The second-order valence-corrected chi connectivity index (χ2v) is 5.35. The summed E-state index contributed by atoms with van der Waals surface area (Å²) in [5.41, 5.74) is 2.35. The third-order valence-electron chi connectivity index (χ3n) is 2.34. The predicted molar refractivity (Wildman–Crippen MR) is 76.4 cm³/mol. The van der Waals surface area contributed by atoms with Gasteiger partial charge in [0.1, 0.15) is 0 Å². The first-order chi connectivity index (χ1) is 7.74. The summed E-state index contributed by atoms with van der Waals surface area (Å²) in [6.45, 7) is 0. The quantitative estimate of drug-likeness (QED) is 0.660. The van der Waals surface area contributed by atoms with E-state index in [1.807, 2.05) is 24.3 Å². The molecule has 0 saturated heterocycles. The van der Waals surface area contributed by atoms with Crippen molar-refractivity contribution in [3.63, 3.8) is 0 Å². The highest BCUT2D eigenvalue weighted by Gasteiger charge is 2.11. The first-order valence-corrected chi connectivity index (χ1v) is 7.21. The average Bonchev–Trinajstić information content (AvgIpc) is 2.33. The van der Waals surface area contributed by atoms with E-state index >= 15 is 0 Å². The van der Waals surface area contributed by atoms with Gasteiger partial charge in [0.05, 0.1) is 5.02 Å². The fraction of sp³-hybridized carbons (Fsp3) is 0.0769. The molecule has 0 aliphatic carbocycles. The molecular weight excluding hydrogens is 304 g/mol. The third-order valence-corrected chi connectivity index (χ3v) is 4.49. The lowest BCUT2D eigenvalue weighted by Crippen LogP contribution is -1.85.